The predicted octanol–water partition coefficient (Wildman–Crippen LogP) is 4.90. The Hall–Kier alpha value is -3.31. The minimum atomic E-state index is -0.631. The number of ether oxygens (including phenoxy) is 1. The molecule has 1 amide bonds. The van der Waals surface area contributed by atoms with E-state index >= 15 is 0 Å². The maximum absolute atomic E-state index is 12.9. The van der Waals surface area contributed by atoms with E-state index in [1.807, 2.05) is 26.0 Å². The van der Waals surface area contributed by atoms with E-state index < -0.39 is 11.9 Å². The van der Waals surface area contributed by atoms with Crippen LogP contribution in [0.15, 0.2) is 23.8 Å². The van der Waals surface area contributed by atoms with Gasteiger partial charge in [-0.05, 0) is 70.2 Å². The number of aryl methyl sites for hydroxylation is 1. The summed E-state index contributed by atoms with van der Waals surface area (Å²) in [6, 6.07) is 7.06. The maximum Gasteiger partial charge on any atom is 0.341 e. The number of hydrogen-bond acceptors (Lipinski definition) is 7. The minimum absolute atomic E-state index is 0.0150. The monoisotopic (exact) mass is 467 g/mol. The number of amides is 1. The smallest absolute Gasteiger partial charge is 0.341 e. The highest BCUT2D eigenvalue weighted by Crippen LogP contribution is 2.39. The average Bonchev–Trinajstić information content (AvgIpc) is 3.17. The average molecular weight is 468 g/mol. The van der Waals surface area contributed by atoms with Crippen molar-refractivity contribution in [3.63, 3.8) is 0 Å². The maximum atomic E-state index is 12.9. The molecule has 0 spiro atoms. The van der Waals surface area contributed by atoms with E-state index in [0.29, 0.717) is 16.1 Å². The molecule has 0 saturated heterocycles. The molecule has 0 fully saturated rings. The third kappa shape index (κ3) is 5.37. The molecule has 33 heavy (non-hydrogen) atoms. The molecule has 0 bridgehead atoms. The molecule has 8 heteroatoms. The Morgan fingerprint density at radius 2 is 1.97 bits per heavy atom. The van der Waals surface area contributed by atoms with Crippen molar-refractivity contribution in [3.8, 4) is 11.8 Å². The van der Waals surface area contributed by atoms with Crippen LogP contribution in [0.5, 0.6) is 5.75 Å². The molecule has 0 aliphatic heterocycles. The van der Waals surface area contributed by atoms with E-state index in [1.54, 1.807) is 19.1 Å². The van der Waals surface area contributed by atoms with Gasteiger partial charge in [-0.2, -0.15) is 5.26 Å². The van der Waals surface area contributed by atoms with Crippen LogP contribution in [-0.2, 0) is 22.4 Å². The van der Waals surface area contributed by atoms with Gasteiger partial charge in [-0.25, -0.2) is 4.79 Å². The van der Waals surface area contributed by atoms with Crippen LogP contribution < -0.4 is 10.2 Å². The van der Waals surface area contributed by atoms with Gasteiger partial charge in [0.05, 0.1) is 12.2 Å². The zero-order valence-electron chi connectivity index (χ0n) is 19.2. The van der Waals surface area contributed by atoms with Gasteiger partial charge in [0.2, 0.25) is 0 Å². The highest BCUT2D eigenvalue weighted by atomic mass is 32.1. The number of benzene rings is 1. The lowest BCUT2D eigenvalue weighted by Gasteiger charge is -2.21. The van der Waals surface area contributed by atoms with Crippen molar-refractivity contribution in [1.82, 2.24) is 0 Å². The van der Waals surface area contributed by atoms with Crippen molar-refractivity contribution in [2.75, 3.05) is 29.9 Å². The Bertz CT molecular complexity index is 1110. The van der Waals surface area contributed by atoms with Crippen LogP contribution in [0.3, 0.4) is 0 Å². The highest BCUT2D eigenvalue weighted by Gasteiger charge is 2.27. The lowest BCUT2D eigenvalue weighted by Crippen LogP contribution is -2.21. The minimum Gasteiger partial charge on any atom is -0.507 e. The van der Waals surface area contributed by atoms with Gasteiger partial charge in [0.15, 0.2) is 0 Å². The largest absolute Gasteiger partial charge is 0.507 e. The number of thiophene rings is 1. The molecule has 7 nitrogen and oxygen atoms in total. The fourth-order valence-corrected chi connectivity index (χ4v) is 5.26. The summed E-state index contributed by atoms with van der Waals surface area (Å²) in [4.78, 5) is 28.7. The van der Waals surface area contributed by atoms with Gasteiger partial charge in [0.25, 0.3) is 5.91 Å². The molecule has 3 rings (SSSR count). The second kappa shape index (κ2) is 11.0. The topological polar surface area (TPSA) is 103 Å². The van der Waals surface area contributed by atoms with E-state index in [2.05, 4.69) is 10.2 Å². The van der Waals surface area contributed by atoms with Gasteiger partial charge in [-0.1, -0.05) is 0 Å². The number of phenolic OH excluding ortho intramolecular Hbond substituents is 1. The fourth-order valence-electron chi connectivity index (χ4n) is 3.99. The van der Waals surface area contributed by atoms with Crippen molar-refractivity contribution in [2.24, 2.45) is 0 Å². The van der Waals surface area contributed by atoms with Crippen LogP contribution in [0, 0.1) is 11.3 Å². The molecule has 0 radical (unpaired) electrons. The summed E-state index contributed by atoms with van der Waals surface area (Å²) >= 11 is 1.37. The Balaban J connectivity index is 1.89. The van der Waals surface area contributed by atoms with Crippen molar-refractivity contribution < 1.29 is 19.4 Å². The second-order valence-corrected chi connectivity index (χ2v) is 8.78. The van der Waals surface area contributed by atoms with Crippen LogP contribution in [0.4, 0.5) is 10.7 Å². The van der Waals surface area contributed by atoms with Gasteiger partial charge in [-0.3, -0.25) is 4.79 Å². The highest BCUT2D eigenvalue weighted by molar-refractivity contribution is 7.17. The number of fused-ring (bicyclic) bond motifs is 1. The van der Waals surface area contributed by atoms with Crippen molar-refractivity contribution in [3.05, 3.63) is 45.3 Å². The van der Waals surface area contributed by atoms with Crippen molar-refractivity contribution >= 4 is 40.0 Å². The number of phenols is 1. The van der Waals surface area contributed by atoms with E-state index in [4.69, 9.17) is 4.74 Å². The Morgan fingerprint density at radius 3 is 2.61 bits per heavy atom. The lowest BCUT2D eigenvalue weighted by atomic mass is 9.95. The molecular formula is C25H29N3O4S. The van der Waals surface area contributed by atoms with Gasteiger partial charge in [0.1, 0.15) is 22.4 Å². The molecule has 0 saturated carbocycles. The van der Waals surface area contributed by atoms with Crippen LogP contribution in [-0.4, -0.2) is 36.7 Å². The summed E-state index contributed by atoms with van der Waals surface area (Å²) in [5.74, 6) is -1.10. The molecular weight excluding hydrogens is 438 g/mol. The van der Waals surface area contributed by atoms with Crippen LogP contribution in [0.25, 0.3) is 6.08 Å². The summed E-state index contributed by atoms with van der Waals surface area (Å²) in [5.41, 5.74) is 2.40. The summed E-state index contributed by atoms with van der Waals surface area (Å²) in [5, 5.41) is 23.2. The SMILES string of the molecule is CCOC(=O)c1c(NC(=O)/C(C#N)=C/c2ccc(N(CC)CC)cc2O)sc2c1CCCC2. The van der Waals surface area contributed by atoms with Crippen LogP contribution >= 0.6 is 11.3 Å². The fraction of sp³-hybridized carbons (Fsp3) is 0.400. The number of carbonyl (C=O) groups excluding carboxylic acids is 2. The number of aromatic hydroxyl groups is 1. The molecule has 0 unspecified atom stereocenters. The summed E-state index contributed by atoms with van der Waals surface area (Å²) in [7, 11) is 0. The zero-order valence-corrected chi connectivity index (χ0v) is 20.1. The Labute approximate surface area is 198 Å². The molecule has 1 heterocycles. The van der Waals surface area contributed by atoms with E-state index in [1.165, 1.54) is 17.4 Å². The van der Waals surface area contributed by atoms with Gasteiger partial charge in [0, 0.05) is 35.3 Å². The normalized spacial score (nSPS) is 13.1. The Kier molecular flexibility index (Phi) is 8.12. The number of nitrogens with zero attached hydrogens (tertiary/aromatic N) is 2. The first-order valence-electron chi connectivity index (χ1n) is 11.3. The summed E-state index contributed by atoms with van der Waals surface area (Å²) < 4.78 is 5.22. The molecule has 174 valence electrons. The molecule has 0 atom stereocenters. The first-order valence-corrected chi connectivity index (χ1v) is 12.1. The number of anilines is 2. The third-order valence-electron chi connectivity index (χ3n) is 5.69. The van der Waals surface area contributed by atoms with Gasteiger partial charge >= 0.3 is 5.97 Å². The lowest BCUT2D eigenvalue weighted by molar-refractivity contribution is -0.112. The number of esters is 1. The molecule has 1 aliphatic carbocycles. The quantitative estimate of drug-likeness (QED) is 0.325. The second-order valence-electron chi connectivity index (χ2n) is 7.67. The standard InChI is InChI=1S/C25H29N3O4S/c1-4-28(5-2)18-12-11-16(20(29)14-18)13-17(15-26)23(30)27-24-22(25(31)32-6-3)19-9-7-8-10-21(19)33-24/h11-14,29H,4-10H2,1-3H3,(H,27,30)/b17-13+. The molecule has 1 aliphatic rings. The van der Waals surface area contributed by atoms with Gasteiger partial charge in [-0.15, -0.1) is 11.3 Å². The third-order valence-corrected chi connectivity index (χ3v) is 6.89. The first-order chi connectivity index (χ1) is 15.9. The molecule has 2 N–H and O–H groups in total. The summed E-state index contributed by atoms with van der Waals surface area (Å²) in [6.07, 6.45) is 5.00. The predicted molar refractivity (Wildman–Crippen MR) is 131 cm³/mol. The van der Waals surface area contributed by atoms with Crippen molar-refractivity contribution in [1.29, 1.82) is 5.26 Å². The number of hydrogen-bond donors (Lipinski definition) is 2. The van der Waals surface area contributed by atoms with Crippen LogP contribution in [0.1, 0.15) is 60.0 Å². The zero-order chi connectivity index (χ0) is 24.0. The molecule has 1 aromatic carbocycles. The van der Waals surface area contributed by atoms with Crippen LogP contribution in [0.2, 0.25) is 0 Å². The summed E-state index contributed by atoms with van der Waals surface area (Å²) in [6.45, 7) is 7.63. The number of carbonyl (C=O) groups is 2. The van der Waals surface area contributed by atoms with E-state index in [-0.39, 0.29) is 17.9 Å². The molecule has 1 aromatic heterocycles. The number of nitrogens with one attached hydrogen (secondary N) is 1. The van der Waals surface area contributed by atoms with Crippen molar-refractivity contribution in [2.45, 2.75) is 46.5 Å². The number of rotatable bonds is 8. The number of nitriles is 1. The van der Waals surface area contributed by atoms with Gasteiger partial charge < -0.3 is 20.1 Å². The molecule has 2 aromatic rings. The first kappa shape index (κ1) is 24.3. The Morgan fingerprint density at radius 1 is 1.24 bits per heavy atom. The van der Waals surface area contributed by atoms with E-state index in [0.717, 1.165) is 54.9 Å². The van der Waals surface area contributed by atoms with E-state index in [9.17, 15) is 20.0 Å².